The largest absolute Gasteiger partial charge is 0.461 e. The average Bonchev–Trinajstić information content (AvgIpc) is 2.82. The SMILES string of the molecule is Cc1cc2cc(N3CCCC3)ccc2o1. The molecule has 1 aromatic carbocycles. The molecule has 0 unspecified atom stereocenters. The van der Waals surface area contributed by atoms with Gasteiger partial charge >= 0.3 is 0 Å². The number of aryl methyl sites for hydroxylation is 1. The summed E-state index contributed by atoms with van der Waals surface area (Å²) in [5, 5.41) is 1.22. The van der Waals surface area contributed by atoms with Crippen LogP contribution < -0.4 is 4.90 Å². The van der Waals surface area contributed by atoms with E-state index in [4.69, 9.17) is 4.42 Å². The van der Waals surface area contributed by atoms with Gasteiger partial charge in [0.1, 0.15) is 11.3 Å². The molecule has 0 N–H and O–H groups in total. The Morgan fingerprint density at radius 1 is 1.13 bits per heavy atom. The Labute approximate surface area is 89.5 Å². The fourth-order valence-electron chi connectivity index (χ4n) is 2.34. The van der Waals surface area contributed by atoms with E-state index in [0.717, 1.165) is 11.3 Å². The van der Waals surface area contributed by atoms with Gasteiger partial charge in [-0.2, -0.15) is 0 Å². The molecule has 0 saturated carbocycles. The van der Waals surface area contributed by atoms with Crippen LogP contribution in [0.15, 0.2) is 28.7 Å². The molecule has 2 heterocycles. The van der Waals surface area contributed by atoms with Crippen molar-refractivity contribution in [3.05, 3.63) is 30.0 Å². The number of fused-ring (bicyclic) bond motifs is 1. The lowest BCUT2D eigenvalue weighted by Crippen LogP contribution is -2.17. The fraction of sp³-hybridized carbons (Fsp3) is 0.385. The normalized spacial score (nSPS) is 16.5. The van der Waals surface area contributed by atoms with Crippen LogP contribution >= 0.6 is 0 Å². The second kappa shape index (κ2) is 3.30. The topological polar surface area (TPSA) is 16.4 Å². The Morgan fingerprint density at radius 2 is 1.93 bits per heavy atom. The van der Waals surface area contributed by atoms with Gasteiger partial charge < -0.3 is 9.32 Å². The van der Waals surface area contributed by atoms with Crippen molar-refractivity contribution in [3.63, 3.8) is 0 Å². The molecule has 1 saturated heterocycles. The molecule has 15 heavy (non-hydrogen) atoms. The summed E-state index contributed by atoms with van der Waals surface area (Å²) in [6, 6.07) is 8.58. The molecule has 0 spiro atoms. The Balaban J connectivity index is 2.04. The van der Waals surface area contributed by atoms with Gasteiger partial charge in [-0.25, -0.2) is 0 Å². The number of hydrogen-bond donors (Lipinski definition) is 0. The summed E-state index contributed by atoms with van der Waals surface area (Å²) in [5.41, 5.74) is 2.33. The monoisotopic (exact) mass is 201 g/mol. The van der Waals surface area contributed by atoms with Crippen molar-refractivity contribution < 1.29 is 4.42 Å². The number of benzene rings is 1. The lowest BCUT2D eigenvalue weighted by molar-refractivity contribution is 0.578. The molecule has 1 fully saturated rings. The fourth-order valence-corrected chi connectivity index (χ4v) is 2.34. The highest BCUT2D eigenvalue weighted by molar-refractivity contribution is 5.82. The number of furan rings is 1. The van der Waals surface area contributed by atoms with E-state index in [1.54, 1.807) is 0 Å². The first-order valence-electron chi connectivity index (χ1n) is 5.58. The standard InChI is InChI=1S/C13H15NO/c1-10-8-11-9-12(4-5-13(11)15-10)14-6-2-3-7-14/h4-5,8-9H,2-3,6-7H2,1H3. The van der Waals surface area contributed by atoms with Gasteiger partial charge in [0.2, 0.25) is 0 Å². The van der Waals surface area contributed by atoms with E-state index >= 15 is 0 Å². The molecule has 1 aliphatic rings. The van der Waals surface area contributed by atoms with Gasteiger partial charge in [-0.15, -0.1) is 0 Å². The van der Waals surface area contributed by atoms with Crippen LogP contribution in [-0.2, 0) is 0 Å². The van der Waals surface area contributed by atoms with Crippen molar-refractivity contribution >= 4 is 16.7 Å². The summed E-state index contributed by atoms with van der Waals surface area (Å²) in [6.45, 7) is 4.39. The van der Waals surface area contributed by atoms with Crippen LogP contribution in [0.4, 0.5) is 5.69 Å². The van der Waals surface area contributed by atoms with E-state index in [1.807, 2.05) is 6.92 Å². The van der Waals surface area contributed by atoms with Crippen LogP contribution in [0.25, 0.3) is 11.0 Å². The number of hydrogen-bond acceptors (Lipinski definition) is 2. The van der Waals surface area contributed by atoms with Gasteiger partial charge in [0.15, 0.2) is 0 Å². The second-order valence-electron chi connectivity index (χ2n) is 4.27. The molecule has 0 bridgehead atoms. The maximum atomic E-state index is 5.57. The highest BCUT2D eigenvalue weighted by Gasteiger charge is 2.12. The van der Waals surface area contributed by atoms with E-state index in [0.29, 0.717) is 0 Å². The molecule has 2 nitrogen and oxygen atoms in total. The molecule has 0 atom stereocenters. The molecule has 0 amide bonds. The molecular weight excluding hydrogens is 186 g/mol. The number of nitrogens with zero attached hydrogens (tertiary/aromatic N) is 1. The quantitative estimate of drug-likeness (QED) is 0.703. The number of rotatable bonds is 1. The van der Waals surface area contributed by atoms with E-state index in [-0.39, 0.29) is 0 Å². The molecule has 1 aromatic heterocycles. The minimum atomic E-state index is 0.989. The predicted molar refractivity (Wildman–Crippen MR) is 62.4 cm³/mol. The Bertz CT molecular complexity index is 480. The minimum Gasteiger partial charge on any atom is -0.461 e. The third-order valence-corrected chi connectivity index (χ3v) is 3.09. The Hall–Kier alpha value is -1.44. The first-order chi connectivity index (χ1) is 7.33. The van der Waals surface area contributed by atoms with Gasteiger partial charge in [0.25, 0.3) is 0 Å². The van der Waals surface area contributed by atoms with Gasteiger partial charge in [-0.1, -0.05) is 0 Å². The van der Waals surface area contributed by atoms with E-state index in [9.17, 15) is 0 Å². The van der Waals surface area contributed by atoms with Crippen LogP contribution in [-0.4, -0.2) is 13.1 Å². The van der Waals surface area contributed by atoms with Crippen molar-refractivity contribution in [1.82, 2.24) is 0 Å². The van der Waals surface area contributed by atoms with Crippen LogP contribution in [0.2, 0.25) is 0 Å². The molecule has 3 rings (SSSR count). The third-order valence-electron chi connectivity index (χ3n) is 3.09. The van der Waals surface area contributed by atoms with Gasteiger partial charge in [-0.3, -0.25) is 0 Å². The highest BCUT2D eigenvalue weighted by atomic mass is 16.3. The summed E-state index contributed by atoms with van der Waals surface area (Å²) >= 11 is 0. The Kier molecular flexibility index (Phi) is 1.94. The maximum Gasteiger partial charge on any atom is 0.134 e. The molecule has 0 radical (unpaired) electrons. The second-order valence-corrected chi connectivity index (χ2v) is 4.27. The van der Waals surface area contributed by atoms with Crippen LogP contribution in [0.1, 0.15) is 18.6 Å². The van der Waals surface area contributed by atoms with E-state index < -0.39 is 0 Å². The van der Waals surface area contributed by atoms with Crippen molar-refractivity contribution in [3.8, 4) is 0 Å². The summed E-state index contributed by atoms with van der Waals surface area (Å²) in [4.78, 5) is 2.45. The average molecular weight is 201 g/mol. The van der Waals surface area contributed by atoms with E-state index in [1.165, 1.54) is 37.0 Å². The summed E-state index contributed by atoms with van der Waals surface area (Å²) in [5.74, 6) is 0.989. The van der Waals surface area contributed by atoms with Gasteiger partial charge in [-0.05, 0) is 44.0 Å². The van der Waals surface area contributed by atoms with Crippen LogP contribution in [0.3, 0.4) is 0 Å². The van der Waals surface area contributed by atoms with Crippen molar-refractivity contribution in [2.75, 3.05) is 18.0 Å². The molecule has 78 valence electrons. The zero-order valence-electron chi connectivity index (χ0n) is 8.99. The predicted octanol–water partition coefficient (Wildman–Crippen LogP) is 3.34. The zero-order chi connectivity index (χ0) is 10.3. The van der Waals surface area contributed by atoms with Gasteiger partial charge in [0, 0.05) is 24.2 Å². The lowest BCUT2D eigenvalue weighted by atomic mass is 10.2. The third kappa shape index (κ3) is 1.50. The molecular formula is C13H15NO. The van der Waals surface area contributed by atoms with Crippen LogP contribution in [0, 0.1) is 6.92 Å². The zero-order valence-corrected chi connectivity index (χ0v) is 8.99. The summed E-state index contributed by atoms with van der Waals surface area (Å²) in [6.07, 6.45) is 2.64. The van der Waals surface area contributed by atoms with Crippen molar-refractivity contribution in [1.29, 1.82) is 0 Å². The van der Waals surface area contributed by atoms with Gasteiger partial charge in [0.05, 0.1) is 0 Å². The molecule has 2 aromatic rings. The molecule has 2 heteroatoms. The molecule has 1 aliphatic heterocycles. The first-order valence-corrected chi connectivity index (χ1v) is 5.58. The maximum absolute atomic E-state index is 5.57. The summed E-state index contributed by atoms with van der Waals surface area (Å²) < 4.78 is 5.57. The first kappa shape index (κ1) is 8.84. The smallest absolute Gasteiger partial charge is 0.134 e. The van der Waals surface area contributed by atoms with Crippen molar-refractivity contribution in [2.24, 2.45) is 0 Å². The summed E-state index contributed by atoms with van der Waals surface area (Å²) in [7, 11) is 0. The minimum absolute atomic E-state index is 0.989. The van der Waals surface area contributed by atoms with Crippen LogP contribution in [0.5, 0.6) is 0 Å². The van der Waals surface area contributed by atoms with Crippen molar-refractivity contribution in [2.45, 2.75) is 19.8 Å². The number of anilines is 1. The molecule has 0 aliphatic carbocycles. The lowest BCUT2D eigenvalue weighted by Gasteiger charge is -2.17. The highest BCUT2D eigenvalue weighted by Crippen LogP contribution is 2.26. The van der Waals surface area contributed by atoms with E-state index in [2.05, 4.69) is 29.2 Å². The Morgan fingerprint density at radius 3 is 2.73 bits per heavy atom.